The molecule has 2 N–H and O–H groups in total. The molecule has 0 heterocycles. The van der Waals surface area contributed by atoms with Crippen LogP contribution in [-0.2, 0) is 4.79 Å². The van der Waals surface area contributed by atoms with E-state index in [1.165, 1.54) is 12.1 Å². The van der Waals surface area contributed by atoms with Gasteiger partial charge in [0.05, 0.1) is 0 Å². The molecule has 0 radical (unpaired) electrons. The Morgan fingerprint density at radius 1 is 1.33 bits per heavy atom. The van der Waals surface area contributed by atoms with E-state index in [9.17, 15) is 9.90 Å². The predicted molar refractivity (Wildman–Crippen MR) is 66.3 cm³/mol. The van der Waals surface area contributed by atoms with Crippen LogP contribution in [0.2, 0.25) is 0 Å². The van der Waals surface area contributed by atoms with E-state index in [2.05, 4.69) is 10.0 Å². The molecule has 6 heteroatoms. The molecular formula is C12H15N3O3. The number of benzene rings is 1. The van der Waals surface area contributed by atoms with Gasteiger partial charge in [0.1, 0.15) is 11.8 Å². The van der Waals surface area contributed by atoms with Gasteiger partial charge >= 0.3 is 5.97 Å². The number of aromatic hydroxyl groups is 1. The number of rotatable bonds is 5. The standard InChI is InChI=1S/C12H15N3O3/c1-7(2)10(11(12(17)18)14-15-13)8-3-5-9(16)6-4-8/h3-7,10-11,16H,1-2H3,(H,17,18)/t10-,11-/m0/s1. The van der Waals surface area contributed by atoms with Gasteiger partial charge in [-0.25, -0.2) is 0 Å². The lowest BCUT2D eigenvalue weighted by Gasteiger charge is -2.24. The molecule has 0 bridgehead atoms. The van der Waals surface area contributed by atoms with E-state index in [0.29, 0.717) is 0 Å². The minimum Gasteiger partial charge on any atom is -0.508 e. The van der Waals surface area contributed by atoms with Crippen LogP contribution >= 0.6 is 0 Å². The Hall–Kier alpha value is -2.20. The SMILES string of the molecule is CC(C)[C@@H](c1ccc(O)cc1)[C@H](N=[N+]=[N-])C(=O)O. The van der Waals surface area contributed by atoms with E-state index in [4.69, 9.17) is 10.6 Å². The molecule has 0 spiro atoms. The number of aliphatic carboxylic acids is 1. The molecule has 0 aliphatic rings. The monoisotopic (exact) mass is 249 g/mol. The van der Waals surface area contributed by atoms with Crippen LogP contribution in [0.5, 0.6) is 5.75 Å². The van der Waals surface area contributed by atoms with Gasteiger partial charge in [0.25, 0.3) is 0 Å². The molecular weight excluding hydrogens is 234 g/mol. The summed E-state index contributed by atoms with van der Waals surface area (Å²) in [5, 5.41) is 21.7. The Morgan fingerprint density at radius 2 is 1.89 bits per heavy atom. The van der Waals surface area contributed by atoms with Gasteiger partial charge in [-0.15, -0.1) is 0 Å². The Bertz CT molecular complexity index is 462. The maximum atomic E-state index is 11.2. The maximum absolute atomic E-state index is 11.2. The Kier molecular flexibility index (Phi) is 4.57. The molecule has 0 aromatic heterocycles. The topological polar surface area (TPSA) is 106 Å². The Labute approximate surface area is 105 Å². The second-order valence-corrected chi connectivity index (χ2v) is 4.35. The minimum absolute atomic E-state index is 0.0128. The van der Waals surface area contributed by atoms with Crippen molar-refractivity contribution < 1.29 is 15.0 Å². The Balaban J connectivity index is 3.19. The van der Waals surface area contributed by atoms with Gasteiger partial charge in [0, 0.05) is 10.8 Å². The van der Waals surface area contributed by atoms with E-state index >= 15 is 0 Å². The fraction of sp³-hybridized carbons (Fsp3) is 0.417. The zero-order valence-electron chi connectivity index (χ0n) is 10.2. The summed E-state index contributed by atoms with van der Waals surface area (Å²) in [7, 11) is 0. The third kappa shape index (κ3) is 3.15. The maximum Gasteiger partial charge on any atom is 0.313 e. The molecule has 18 heavy (non-hydrogen) atoms. The zero-order valence-corrected chi connectivity index (χ0v) is 10.2. The van der Waals surface area contributed by atoms with Crippen molar-refractivity contribution in [3.63, 3.8) is 0 Å². The molecule has 6 nitrogen and oxygen atoms in total. The summed E-state index contributed by atoms with van der Waals surface area (Å²) in [6, 6.07) is 5.10. The first-order valence-electron chi connectivity index (χ1n) is 5.53. The third-order valence-corrected chi connectivity index (χ3v) is 2.77. The lowest BCUT2D eigenvalue weighted by atomic mass is 9.82. The summed E-state index contributed by atoms with van der Waals surface area (Å²) in [5.74, 6) is -1.49. The van der Waals surface area contributed by atoms with Gasteiger partial charge in [0.2, 0.25) is 0 Å². The molecule has 0 aliphatic carbocycles. The van der Waals surface area contributed by atoms with E-state index in [1.54, 1.807) is 12.1 Å². The molecule has 1 rings (SSSR count). The van der Waals surface area contributed by atoms with Gasteiger partial charge < -0.3 is 10.2 Å². The highest BCUT2D eigenvalue weighted by molar-refractivity contribution is 5.75. The fourth-order valence-electron chi connectivity index (χ4n) is 1.96. The number of nitrogens with zero attached hydrogens (tertiary/aromatic N) is 3. The molecule has 0 fully saturated rings. The smallest absolute Gasteiger partial charge is 0.313 e. The summed E-state index contributed by atoms with van der Waals surface area (Å²) >= 11 is 0. The van der Waals surface area contributed by atoms with Crippen molar-refractivity contribution >= 4 is 5.97 Å². The number of hydrogen-bond donors (Lipinski definition) is 2. The average molecular weight is 249 g/mol. The predicted octanol–water partition coefficient (Wildman–Crippen LogP) is 2.90. The van der Waals surface area contributed by atoms with Crippen LogP contribution in [0.4, 0.5) is 0 Å². The van der Waals surface area contributed by atoms with Crippen molar-refractivity contribution in [2.45, 2.75) is 25.8 Å². The van der Waals surface area contributed by atoms with Crippen molar-refractivity contribution in [3.8, 4) is 5.75 Å². The highest BCUT2D eigenvalue weighted by Gasteiger charge is 2.30. The lowest BCUT2D eigenvalue weighted by molar-refractivity contribution is -0.139. The minimum atomic E-state index is -1.15. The first kappa shape index (κ1) is 13.9. The van der Waals surface area contributed by atoms with E-state index < -0.39 is 17.9 Å². The van der Waals surface area contributed by atoms with Crippen molar-refractivity contribution in [2.24, 2.45) is 11.0 Å². The van der Waals surface area contributed by atoms with E-state index in [1.807, 2.05) is 13.8 Å². The van der Waals surface area contributed by atoms with E-state index in [0.717, 1.165) is 5.56 Å². The van der Waals surface area contributed by atoms with Crippen molar-refractivity contribution in [1.82, 2.24) is 0 Å². The van der Waals surface area contributed by atoms with Crippen LogP contribution in [0.1, 0.15) is 25.3 Å². The third-order valence-electron chi connectivity index (χ3n) is 2.77. The highest BCUT2D eigenvalue weighted by Crippen LogP contribution is 2.31. The number of carboxylic acids is 1. The molecule has 0 saturated heterocycles. The normalized spacial score (nSPS) is 13.7. The molecule has 0 aliphatic heterocycles. The van der Waals surface area contributed by atoms with Crippen LogP contribution in [0.25, 0.3) is 10.4 Å². The van der Waals surface area contributed by atoms with Gasteiger partial charge in [-0.1, -0.05) is 31.1 Å². The number of carbonyl (C=O) groups is 1. The van der Waals surface area contributed by atoms with Gasteiger partial charge in [-0.2, -0.15) is 0 Å². The zero-order chi connectivity index (χ0) is 13.7. The van der Waals surface area contributed by atoms with Crippen LogP contribution in [0, 0.1) is 5.92 Å². The fourth-order valence-corrected chi connectivity index (χ4v) is 1.96. The van der Waals surface area contributed by atoms with Crippen LogP contribution in [0.3, 0.4) is 0 Å². The quantitative estimate of drug-likeness (QED) is 0.476. The first-order valence-corrected chi connectivity index (χ1v) is 5.53. The lowest BCUT2D eigenvalue weighted by Crippen LogP contribution is -2.29. The molecule has 0 saturated carbocycles. The molecule has 0 unspecified atom stereocenters. The Morgan fingerprint density at radius 3 is 2.28 bits per heavy atom. The summed E-state index contributed by atoms with van der Waals surface area (Å²) in [5.41, 5.74) is 9.19. The summed E-state index contributed by atoms with van der Waals surface area (Å²) < 4.78 is 0. The van der Waals surface area contributed by atoms with Gasteiger partial charge in [0.15, 0.2) is 0 Å². The molecule has 1 aromatic carbocycles. The molecule has 2 atom stereocenters. The second kappa shape index (κ2) is 5.93. The van der Waals surface area contributed by atoms with Gasteiger partial charge in [-0.3, -0.25) is 4.79 Å². The molecule has 0 amide bonds. The number of phenolic OH excluding ortho intramolecular Hbond substituents is 1. The van der Waals surface area contributed by atoms with E-state index in [-0.39, 0.29) is 11.7 Å². The average Bonchev–Trinajstić information content (AvgIpc) is 2.30. The highest BCUT2D eigenvalue weighted by atomic mass is 16.4. The van der Waals surface area contributed by atoms with Crippen molar-refractivity contribution in [1.29, 1.82) is 0 Å². The summed E-state index contributed by atoms with van der Waals surface area (Å²) in [4.78, 5) is 13.8. The molecule has 1 aromatic rings. The van der Waals surface area contributed by atoms with Gasteiger partial charge in [-0.05, 0) is 29.1 Å². The number of carboxylic acid groups (broad SMARTS) is 1. The van der Waals surface area contributed by atoms with Crippen LogP contribution < -0.4 is 0 Å². The number of hydrogen-bond acceptors (Lipinski definition) is 3. The summed E-state index contributed by atoms with van der Waals surface area (Å²) in [6.45, 7) is 3.72. The molecule has 96 valence electrons. The number of phenols is 1. The largest absolute Gasteiger partial charge is 0.508 e. The number of azide groups is 1. The van der Waals surface area contributed by atoms with Crippen molar-refractivity contribution in [2.75, 3.05) is 0 Å². The van der Waals surface area contributed by atoms with Crippen LogP contribution in [-0.4, -0.2) is 22.2 Å². The second-order valence-electron chi connectivity index (χ2n) is 4.35. The van der Waals surface area contributed by atoms with Crippen molar-refractivity contribution in [3.05, 3.63) is 40.3 Å². The first-order chi connectivity index (χ1) is 8.47. The summed E-state index contributed by atoms with van der Waals surface area (Å²) in [6.07, 6.45) is 0. The van der Waals surface area contributed by atoms with Crippen LogP contribution in [0.15, 0.2) is 29.4 Å².